The van der Waals surface area contributed by atoms with Crippen LogP contribution < -0.4 is 0 Å². The number of hydrogen-bond donors (Lipinski definition) is 0. The molecular formula is C5H3IO2. The molecule has 0 aliphatic carbocycles. The van der Waals surface area contributed by atoms with Gasteiger partial charge in [-0.3, -0.25) is 4.79 Å². The minimum absolute atomic E-state index is 0.592. The molecule has 0 aliphatic heterocycles. The Morgan fingerprint density at radius 3 is 2.75 bits per heavy atom. The monoisotopic (exact) mass is 222 g/mol. The molecule has 1 aromatic heterocycles. The summed E-state index contributed by atoms with van der Waals surface area (Å²) in [6.07, 6.45) is 2.18. The predicted molar refractivity (Wildman–Crippen MR) is 36.8 cm³/mol. The van der Waals surface area contributed by atoms with Gasteiger partial charge >= 0.3 is 0 Å². The molecule has 0 amide bonds. The van der Waals surface area contributed by atoms with E-state index in [0.717, 1.165) is 10.1 Å². The molecule has 0 saturated heterocycles. The fourth-order valence-corrected chi connectivity index (χ4v) is 0.872. The van der Waals surface area contributed by atoms with Gasteiger partial charge in [0.1, 0.15) is 6.26 Å². The second kappa shape index (κ2) is 2.30. The molecule has 2 nitrogen and oxygen atoms in total. The molecule has 0 bridgehead atoms. The van der Waals surface area contributed by atoms with Crippen molar-refractivity contribution in [1.82, 2.24) is 0 Å². The van der Waals surface area contributed by atoms with Crippen LogP contribution in [0.3, 0.4) is 0 Å². The van der Waals surface area contributed by atoms with Crippen LogP contribution in [0, 0.1) is 3.77 Å². The fourth-order valence-electron chi connectivity index (χ4n) is 0.385. The number of furan rings is 1. The largest absolute Gasteiger partial charge is 0.458 e. The highest BCUT2D eigenvalue weighted by Crippen LogP contribution is 2.06. The van der Waals surface area contributed by atoms with Gasteiger partial charge in [0.25, 0.3) is 0 Å². The van der Waals surface area contributed by atoms with Gasteiger partial charge in [0.15, 0.2) is 10.1 Å². The van der Waals surface area contributed by atoms with Gasteiger partial charge in [0, 0.05) is 6.07 Å². The van der Waals surface area contributed by atoms with Crippen LogP contribution in [0.5, 0.6) is 0 Å². The first-order valence-corrected chi connectivity index (χ1v) is 3.10. The summed E-state index contributed by atoms with van der Waals surface area (Å²) in [4.78, 5) is 9.96. The highest BCUT2D eigenvalue weighted by molar-refractivity contribution is 14.1. The number of hydrogen-bond acceptors (Lipinski definition) is 2. The highest BCUT2D eigenvalue weighted by Gasteiger charge is 1.93. The fraction of sp³-hybridized carbons (Fsp3) is 0. The predicted octanol–water partition coefficient (Wildman–Crippen LogP) is 1.70. The lowest BCUT2D eigenvalue weighted by Crippen LogP contribution is -1.66. The van der Waals surface area contributed by atoms with E-state index in [9.17, 15) is 4.79 Å². The van der Waals surface area contributed by atoms with Gasteiger partial charge in [-0.1, -0.05) is 0 Å². The zero-order valence-electron chi connectivity index (χ0n) is 3.93. The topological polar surface area (TPSA) is 30.2 Å². The summed E-state index contributed by atoms with van der Waals surface area (Å²) in [6, 6.07) is 1.67. The third kappa shape index (κ3) is 1.09. The molecule has 0 radical (unpaired) electrons. The molecule has 8 heavy (non-hydrogen) atoms. The van der Waals surface area contributed by atoms with Gasteiger partial charge in [0.05, 0.1) is 5.56 Å². The SMILES string of the molecule is O=Cc1coc(I)c1. The van der Waals surface area contributed by atoms with Crippen molar-refractivity contribution >= 4 is 28.9 Å². The summed E-state index contributed by atoms with van der Waals surface area (Å²) in [5.74, 6) is 0. The van der Waals surface area contributed by atoms with Gasteiger partial charge in [-0.25, -0.2) is 0 Å². The van der Waals surface area contributed by atoms with E-state index in [1.54, 1.807) is 6.07 Å². The van der Waals surface area contributed by atoms with Gasteiger partial charge in [-0.05, 0) is 22.6 Å². The van der Waals surface area contributed by atoms with Gasteiger partial charge in [-0.2, -0.15) is 0 Å². The summed E-state index contributed by atoms with van der Waals surface area (Å²) in [5, 5.41) is 0. The molecule has 3 heteroatoms. The smallest absolute Gasteiger partial charge is 0.164 e. The van der Waals surface area contributed by atoms with Crippen LogP contribution in [0.2, 0.25) is 0 Å². The highest BCUT2D eigenvalue weighted by atomic mass is 127. The third-order valence-corrected chi connectivity index (χ3v) is 1.29. The molecule has 0 aromatic carbocycles. The lowest BCUT2D eigenvalue weighted by atomic mass is 10.4. The van der Waals surface area contributed by atoms with Crippen molar-refractivity contribution in [3.8, 4) is 0 Å². The van der Waals surface area contributed by atoms with E-state index in [4.69, 9.17) is 4.42 Å². The molecule has 0 unspecified atom stereocenters. The van der Waals surface area contributed by atoms with E-state index >= 15 is 0 Å². The van der Waals surface area contributed by atoms with Crippen molar-refractivity contribution < 1.29 is 9.21 Å². The van der Waals surface area contributed by atoms with Crippen LogP contribution in [-0.4, -0.2) is 6.29 Å². The molecule has 0 N–H and O–H groups in total. The van der Waals surface area contributed by atoms with Crippen LogP contribution in [0.4, 0.5) is 0 Å². The van der Waals surface area contributed by atoms with Gasteiger partial charge in [0.2, 0.25) is 0 Å². The Labute approximate surface area is 60.0 Å². The number of carbonyl (C=O) groups is 1. The number of aldehydes is 1. The van der Waals surface area contributed by atoms with Crippen molar-refractivity contribution in [2.75, 3.05) is 0 Å². The summed E-state index contributed by atoms with van der Waals surface area (Å²) >= 11 is 2.00. The van der Waals surface area contributed by atoms with E-state index in [1.807, 2.05) is 22.6 Å². The maximum atomic E-state index is 9.96. The standard InChI is InChI=1S/C5H3IO2/c6-5-1-4(2-7)3-8-5/h1-3H. The molecule has 42 valence electrons. The lowest BCUT2D eigenvalue weighted by molar-refractivity contribution is 0.112. The summed E-state index contributed by atoms with van der Waals surface area (Å²) < 4.78 is 5.55. The first-order chi connectivity index (χ1) is 3.83. The van der Waals surface area contributed by atoms with Crippen LogP contribution in [0.25, 0.3) is 0 Å². The number of rotatable bonds is 1. The first kappa shape index (κ1) is 5.81. The molecule has 1 rings (SSSR count). The summed E-state index contributed by atoms with van der Waals surface area (Å²) in [7, 11) is 0. The van der Waals surface area contributed by atoms with Crippen molar-refractivity contribution in [1.29, 1.82) is 0 Å². The Kier molecular flexibility index (Phi) is 1.67. The van der Waals surface area contributed by atoms with Crippen molar-refractivity contribution in [3.63, 3.8) is 0 Å². The Morgan fingerprint density at radius 1 is 1.75 bits per heavy atom. The van der Waals surface area contributed by atoms with Crippen LogP contribution in [-0.2, 0) is 0 Å². The average Bonchev–Trinajstić information content (AvgIpc) is 2.14. The molecule has 0 spiro atoms. The molecule has 0 atom stereocenters. The third-order valence-electron chi connectivity index (χ3n) is 0.724. The molecule has 0 aliphatic rings. The Bertz CT molecular complexity index is 192. The van der Waals surface area contributed by atoms with Crippen LogP contribution >= 0.6 is 22.6 Å². The van der Waals surface area contributed by atoms with Gasteiger partial charge < -0.3 is 4.42 Å². The minimum atomic E-state index is 0.592. The molecule has 1 heterocycles. The molecular weight excluding hydrogens is 219 g/mol. The maximum Gasteiger partial charge on any atom is 0.164 e. The second-order valence-electron chi connectivity index (χ2n) is 1.30. The Hall–Kier alpha value is -0.320. The Balaban J connectivity index is 3.00. The summed E-state index contributed by atoms with van der Waals surface area (Å²) in [6.45, 7) is 0. The molecule has 0 saturated carbocycles. The summed E-state index contributed by atoms with van der Waals surface area (Å²) in [5.41, 5.74) is 0.592. The van der Waals surface area contributed by atoms with Crippen LogP contribution in [0.15, 0.2) is 16.7 Å². The van der Waals surface area contributed by atoms with Crippen molar-refractivity contribution in [3.05, 3.63) is 21.7 Å². The van der Waals surface area contributed by atoms with E-state index in [1.165, 1.54) is 6.26 Å². The number of halogens is 1. The van der Waals surface area contributed by atoms with Crippen molar-refractivity contribution in [2.24, 2.45) is 0 Å². The Morgan fingerprint density at radius 2 is 2.50 bits per heavy atom. The second-order valence-corrected chi connectivity index (χ2v) is 2.37. The molecule has 1 aromatic rings. The average molecular weight is 222 g/mol. The quantitative estimate of drug-likeness (QED) is 0.534. The first-order valence-electron chi connectivity index (χ1n) is 2.02. The van der Waals surface area contributed by atoms with E-state index in [0.29, 0.717) is 5.56 Å². The van der Waals surface area contributed by atoms with Crippen LogP contribution in [0.1, 0.15) is 10.4 Å². The van der Waals surface area contributed by atoms with E-state index in [-0.39, 0.29) is 0 Å². The van der Waals surface area contributed by atoms with Gasteiger partial charge in [-0.15, -0.1) is 0 Å². The number of carbonyl (C=O) groups excluding carboxylic acids is 1. The zero-order valence-corrected chi connectivity index (χ0v) is 6.08. The maximum absolute atomic E-state index is 9.96. The van der Waals surface area contributed by atoms with E-state index in [2.05, 4.69) is 0 Å². The van der Waals surface area contributed by atoms with E-state index < -0.39 is 0 Å². The molecule has 0 fully saturated rings. The normalized spacial score (nSPS) is 9.12. The zero-order chi connectivity index (χ0) is 5.98. The van der Waals surface area contributed by atoms with Crippen molar-refractivity contribution in [2.45, 2.75) is 0 Å². The minimum Gasteiger partial charge on any atom is -0.458 e. The lowest BCUT2D eigenvalue weighted by Gasteiger charge is -1.66.